The van der Waals surface area contributed by atoms with E-state index in [-0.39, 0.29) is 18.2 Å². The molecule has 0 aromatic heterocycles. The molecule has 4 nitrogen and oxygen atoms in total. The van der Waals surface area contributed by atoms with Gasteiger partial charge in [-0.1, -0.05) is 0 Å². The van der Waals surface area contributed by atoms with Gasteiger partial charge < -0.3 is 14.4 Å². The minimum absolute atomic E-state index is 0.0343. The SMILES string of the molecule is CN1C(=O)c2cc3c(cc2C12CC2)OCO3. The van der Waals surface area contributed by atoms with Gasteiger partial charge in [-0.05, 0) is 30.5 Å². The number of fused-ring (bicyclic) bond motifs is 3. The standard InChI is InChI=1S/C12H11NO3/c1-13-11(14)7-4-9-10(16-6-15-9)5-8(7)12(13)2-3-12/h4-5H,2-3,6H2,1H3. The van der Waals surface area contributed by atoms with Crippen LogP contribution in [-0.4, -0.2) is 24.6 Å². The molecule has 2 aliphatic heterocycles. The van der Waals surface area contributed by atoms with Crippen molar-refractivity contribution in [2.45, 2.75) is 18.4 Å². The van der Waals surface area contributed by atoms with Crippen LogP contribution in [0.1, 0.15) is 28.8 Å². The molecule has 1 aromatic rings. The molecule has 1 fully saturated rings. The van der Waals surface area contributed by atoms with Gasteiger partial charge in [-0.3, -0.25) is 4.79 Å². The Morgan fingerprint density at radius 3 is 2.62 bits per heavy atom. The topological polar surface area (TPSA) is 38.8 Å². The average molecular weight is 217 g/mol. The van der Waals surface area contributed by atoms with Crippen LogP contribution < -0.4 is 9.47 Å². The fourth-order valence-electron chi connectivity index (χ4n) is 2.78. The van der Waals surface area contributed by atoms with Crippen LogP contribution in [0.3, 0.4) is 0 Å². The highest BCUT2D eigenvalue weighted by atomic mass is 16.7. The number of benzene rings is 1. The Morgan fingerprint density at radius 2 is 1.94 bits per heavy atom. The number of ether oxygens (including phenoxy) is 2. The molecule has 0 radical (unpaired) electrons. The van der Waals surface area contributed by atoms with E-state index < -0.39 is 0 Å². The van der Waals surface area contributed by atoms with E-state index in [1.807, 2.05) is 24.1 Å². The monoisotopic (exact) mass is 217 g/mol. The van der Waals surface area contributed by atoms with Crippen LogP contribution in [0.5, 0.6) is 11.5 Å². The highest BCUT2D eigenvalue weighted by Crippen LogP contribution is 2.57. The lowest BCUT2D eigenvalue weighted by Crippen LogP contribution is -2.28. The zero-order valence-corrected chi connectivity index (χ0v) is 8.95. The van der Waals surface area contributed by atoms with E-state index in [9.17, 15) is 4.79 Å². The summed E-state index contributed by atoms with van der Waals surface area (Å²) in [6, 6.07) is 3.80. The number of hydrogen-bond acceptors (Lipinski definition) is 3. The Morgan fingerprint density at radius 1 is 1.25 bits per heavy atom. The summed E-state index contributed by atoms with van der Waals surface area (Å²) in [4.78, 5) is 13.9. The second-order valence-electron chi connectivity index (χ2n) is 4.65. The van der Waals surface area contributed by atoms with Crippen LogP contribution in [-0.2, 0) is 5.54 Å². The summed E-state index contributed by atoms with van der Waals surface area (Å²) in [6.45, 7) is 0.259. The molecule has 2 heterocycles. The molecule has 1 spiro atoms. The maximum Gasteiger partial charge on any atom is 0.254 e. The van der Waals surface area contributed by atoms with Crippen molar-refractivity contribution in [1.29, 1.82) is 0 Å². The van der Waals surface area contributed by atoms with Crippen molar-refractivity contribution in [2.75, 3.05) is 13.8 Å². The van der Waals surface area contributed by atoms with Crippen LogP contribution >= 0.6 is 0 Å². The molecule has 82 valence electrons. The molecule has 1 aliphatic carbocycles. The smallest absolute Gasteiger partial charge is 0.254 e. The van der Waals surface area contributed by atoms with Crippen LogP contribution in [0.2, 0.25) is 0 Å². The molecule has 3 aliphatic rings. The summed E-state index contributed by atoms with van der Waals surface area (Å²) < 4.78 is 10.7. The number of amides is 1. The molecule has 4 rings (SSSR count). The number of rotatable bonds is 0. The Hall–Kier alpha value is -1.71. The maximum atomic E-state index is 12.1. The zero-order valence-electron chi connectivity index (χ0n) is 8.95. The summed E-state index contributed by atoms with van der Waals surface area (Å²) >= 11 is 0. The first kappa shape index (κ1) is 8.44. The minimum atomic E-state index is -0.0343. The molecular formula is C12H11NO3. The van der Waals surface area contributed by atoms with Crippen molar-refractivity contribution in [3.63, 3.8) is 0 Å². The first-order valence-electron chi connectivity index (χ1n) is 5.45. The van der Waals surface area contributed by atoms with E-state index in [0.29, 0.717) is 5.75 Å². The van der Waals surface area contributed by atoms with Gasteiger partial charge in [0, 0.05) is 12.6 Å². The molecule has 0 saturated heterocycles. The highest BCUT2D eigenvalue weighted by molar-refractivity contribution is 6.01. The lowest BCUT2D eigenvalue weighted by molar-refractivity contribution is 0.0754. The van der Waals surface area contributed by atoms with Crippen molar-refractivity contribution >= 4 is 5.91 Å². The van der Waals surface area contributed by atoms with E-state index in [0.717, 1.165) is 29.7 Å². The summed E-state index contributed by atoms with van der Waals surface area (Å²) in [5.41, 5.74) is 1.86. The first-order valence-corrected chi connectivity index (χ1v) is 5.45. The van der Waals surface area contributed by atoms with Gasteiger partial charge in [0.25, 0.3) is 5.91 Å². The Bertz CT molecular complexity index is 519. The number of nitrogens with zero attached hydrogens (tertiary/aromatic N) is 1. The van der Waals surface area contributed by atoms with Crippen LogP contribution in [0.4, 0.5) is 0 Å². The average Bonchev–Trinajstić information content (AvgIpc) is 2.93. The summed E-state index contributed by atoms with van der Waals surface area (Å²) in [5, 5.41) is 0. The maximum absolute atomic E-state index is 12.1. The number of carbonyl (C=O) groups excluding carboxylic acids is 1. The van der Waals surface area contributed by atoms with E-state index in [1.54, 1.807) is 0 Å². The lowest BCUT2D eigenvalue weighted by Gasteiger charge is -2.19. The van der Waals surface area contributed by atoms with Crippen molar-refractivity contribution in [3.8, 4) is 11.5 Å². The van der Waals surface area contributed by atoms with E-state index in [1.165, 1.54) is 0 Å². The van der Waals surface area contributed by atoms with E-state index in [2.05, 4.69) is 0 Å². The third-order valence-corrected chi connectivity index (χ3v) is 3.91. The largest absolute Gasteiger partial charge is 0.454 e. The third kappa shape index (κ3) is 0.764. The van der Waals surface area contributed by atoms with Crippen LogP contribution in [0.15, 0.2) is 12.1 Å². The molecule has 0 bridgehead atoms. The van der Waals surface area contributed by atoms with Crippen molar-refractivity contribution in [3.05, 3.63) is 23.3 Å². The van der Waals surface area contributed by atoms with Crippen molar-refractivity contribution in [2.24, 2.45) is 0 Å². The fourth-order valence-corrected chi connectivity index (χ4v) is 2.78. The molecule has 1 saturated carbocycles. The van der Waals surface area contributed by atoms with Gasteiger partial charge in [0.05, 0.1) is 5.54 Å². The second kappa shape index (κ2) is 2.34. The van der Waals surface area contributed by atoms with Crippen LogP contribution in [0.25, 0.3) is 0 Å². The number of carbonyl (C=O) groups is 1. The van der Waals surface area contributed by atoms with Gasteiger partial charge in [-0.25, -0.2) is 0 Å². The molecule has 0 unspecified atom stereocenters. The van der Waals surface area contributed by atoms with E-state index in [4.69, 9.17) is 9.47 Å². The molecule has 4 heteroatoms. The Balaban J connectivity index is 1.98. The van der Waals surface area contributed by atoms with Gasteiger partial charge in [-0.2, -0.15) is 0 Å². The van der Waals surface area contributed by atoms with Gasteiger partial charge in [0.15, 0.2) is 11.5 Å². The fraction of sp³-hybridized carbons (Fsp3) is 0.417. The highest BCUT2D eigenvalue weighted by Gasteiger charge is 2.56. The predicted molar refractivity (Wildman–Crippen MR) is 55.6 cm³/mol. The molecular weight excluding hydrogens is 206 g/mol. The zero-order chi connectivity index (χ0) is 10.9. The first-order chi connectivity index (χ1) is 7.72. The predicted octanol–water partition coefficient (Wildman–Crippen LogP) is 1.49. The molecule has 16 heavy (non-hydrogen) atoms. The Labute approximate surface area is 92.8 Å². The molecule has 1 amide bonds. The van der Waals surface area contributed by atoms with Gasteiger partial charge in [0.2, 0.25) is 6.79 Å². The lowest BCUT2D eigenvalue weighted by atomic mass is 10.0. The quantitative estimate of drug-likeness (QED) is 0.661. The Kier molecular flexibility index (Phi) is 1.23. The van der Waals surface area contributed by atoms with Gasteiger partial charge >= 0.3 is 0 Å². The van der Waals surface area contributed by atoms with Gasteiger partial charge in [-0.15, -0.1) is 0 Å². The summed E-state index contributed by atoms with van der Waals surface area (Å²) in [6.07, 6.45) is 2.11. The second-order valence-corrected chi connectivity index (χ2v) is 4.65. The molecule has 1 aromatic carbocycles. The normalized spacial score (nSPS) is 22.8. The number of hydrogen-bond donors (Lipinski definition) is 0. The van der Waals surface area contributed by atoms with E-state index >= 15 is 0 Å². The molecule has 0 atom stereocenters. The summed E-state index contributed by atoms with van der Waals surface area (Å²) in [5.74, 6) is 1.57. The minimum Gasteiger partial charge on any atom is -0.454 e. The van der Waals surface area contributed by atoms with Crippen LogP contribution in [0, 0.1) is 0 Å². The summed E-state index contributed by atoms with van der Waals surface area (Å²) in [7, 11) is 1.88. The van der Waals surface area contributed by atoms with Crippen molar-refractivity contribution < 1.29 is 14.3 Å². The van der Waals surface area contributed by atoms with Crippen molar-refractivity contribution in [1.82, 2.24) is 4.90 Å². The third-order valence-electron chi connectivity index (χ3n) is 3.91. The molecule has 0 N–H and O–H groups in total. The van der Waals surface area contributed by atoms with Gasteiger partial charge in [0.1, 0.15) is 0 Å².